The van der Waals surface area contributed by atoms with Crippen LogP contribution in [0.3, 0.4) is 0 Å². The van der Waals surface area contributed by atoms with Crippen LogP contribution in [0, 0.1) is 0 Å². The second-order valence-electron chi connectivity index (χ2n) is 8.54. The molecule has 1 heterocycles. The van der Waals surface area contributed by atoms with Crippen molar-refractivity contribution in [3.63, 3.8) is 0 Å². The molecule has 2 aromatic carbocycles. The van der Waals surface area contributed by atoms with Crippen LogP contribution in [-0.4, -0.2) is 29.3 Å². The maximum atomic E-state index is 12.8. The number of nitrogens with zero attached hydrogens (tertiary/aromatic N) is 1. The molecule has 0 fully saturated rings. The van der Waals surface area contributed by atoms with Crippen LogP contribution >= 0.6 is 0 Å². The zero-order chi connectivity index (χ0) is 22.4. The van der Waals surface area contributed by atoms with E-state index < -0.39 is 0 Å². The average Bonchev–Trinajstić information content (AvgIpc) is 2.73. The van der Waals surface area contributed by atoms with Crippen molar-refractivity contribution in [3.8, 4) is 16.9 Å². The molecule has 0 saturated carbocycles. The number of Topliss-reactive ketones (excluding diaryl/α,β-unsaturated/α-hetero) is 1. The number of benzene rings is 2. The summed E-state index contributed by atoms with van der Waals surface area (Å²) in [6.45, 7) is 5.74. The van der Waals surface area contributed by atoms with Crippen molar-refractivity contribution < 1.29 is 14.3 Å². The van der Waals surface area contributed by atoms with Crippen molar-refractivity contribution in [2.24, 2.45) is 0 Å². The van der Waals surface area contributed by atoms with Crippen LogP contribution in [0.4, 0.5) is 0 Å². The fourth-order valence-electron chi connectivity index (χ4n) is 3.34. The van der Waals surface area contributed by atoms with E-state index in [1.165, 1.54) is 0 Å². The minimum absolute atomic E-state index is 0.0388. The minimum Gasteiger partial charge on any atom is -0.496 e. The second-order valence-corrected chi connectivity index (χ2v) is 8.54. The van der Waals surface area contributed by atoms with Crippen molar-refractivity contribution >= 4 is 11.7 Å². The molecular weight excluding hydrogens is 388 g/mol. The van der Waals surface area contributed by atoms with E-state index in [0.717, 1.165) is 22.3 Å². The average molecular weight is 417 g/mol. The van der Waals surface area contributed by atoms with Crippen LogP contribution in [0.15, 0.2) is 66.9 Å². The van der Waals surface area contributed by atoms with Gasteiger partial charge in [0.25, 0.3) is 5.91 Å². The van der Waals surface area contributed by atoms with Crippen LogP contribution in [0.25, 0.3) is 11.1 Å². The Bertz CT molecular complexity index is 1070. The fraction of sp³-hybridized carbons (Fsp3) is 0.269. The normalized spacial score (nSPS) is 11.1. The molecule has 0 radical (unpaired) electrons. The second kappa shape index (κ2) is 9.56. The number of rotatable bonds is 7. The highest BCUT2D eigenvalue weighted by atomic mass is 16.5. The van der Waals surface area contributed by atoms with E-state index in [9.17, 15) is 9.59 Å². The van der Waals surface area contributed by atoms with Gasteiger partial charge in [0.15, 0.2) is 0 Å². The van der Waals surface area contributed by atoms with Gasteiger partial charge in [-0.3, -0.25) is 14.6 Å². The van der Waals surface area contributed by atoms with Crippen molar-refractivity contribution in [3.05, 3.63) is 83.7 Å². The first-order chi connectivity index (χ1) is 14.7. The smallest absolute Gasteiger partial charge is 0.270 e. The molecule has 0 unspecified atom stereocenters. The van der Waals surface area contributed by atoms with Gasteiger partial charge in [-0.15, -0.1) is 0 Å². The van der Waals surface area contributed by atoms with Gasteiger partial charge in [-0.1, -0.05) is 36.4 Å². The summed E-state index contributed by atoms with van der Waals surface area (Å²) in [5, 5.41) is 2.89. The summed E-state index contributed by atoms with van der Waals surface area (Å²) in [6.07, 6.45) is 2.03. The number of ketones is 1. The third-order valence-corrected chi connectivity index (χ3v) is 4.72. The van der Waals surface area contributed by atoms with Gasteiger partial charge in [-0.05, 0) is 61.7 Å². The van der Waals surface area contributed by atoms with Crippen LogP contribution in [-0.2, 0) is 17.6 Å². The summed E-state index contributed by atoms with van der Waals surface area (Å²) in [5.41, 5.74) is 3.68. The number of methoxy groups -OCH3 is 1. The number of amides is 1. The van der Waals surface area contributed by atoms with Gasteiger partial charge in [0.1, 0.15) is 17.2 Å². The highest BCUT2D eigenvalue weighted by Gasteiger charge is 2.17. The van der Waals surface area contributed by atoms with Crippen LogP contribution in [0.2, 0.25) is 0 Å². The predicted octanol–water partition coefficient (Wildman–Crippen LogP) is 4.64. The first-order valence-corrected chi connectivity index (χ1v) is 10.3. The maximum Gasteiger partial charge on any atom is 0.270 e. The zero-order valence-electron chi connectivity index (χ0n) is 18.4. The van der Waals surface area contributed by atoms with E-state index in [4.69, 9.17) is 4.74 Å². The monoisotopic (exact) mass is 416 g/mol. The third kappa shape index (κ3) is 6.25. The molecule has 0 aliphatic rings. The van der Waals surface area contributed by atoms with E-state index in [1.807, 2.05) is 69.3 Å². The molecule has 0 aliphatic carbocycles. The van der Waals surface area contributed by atoms with E-state index in [1.54, 1.807) is 25.4 Å². The molecule has 3 rings (SSSR count). The van der Waals surface area contributed by atoms with Crippen molar-refractivity contribution in [1.29, 1.82) is 0 Å². The van der Waals surface area contributed by atoms with E-state index >= 15 is 0 Å². The van der Waals surface area contributed by atoms with Gasteiger partial charge in [0.05, 0.1) is 7.11 Å². The minimum atomic E-state index is -0.356. The summed E-state index contributed by atoms with van der Waals surface area (Å²) < 4.78 is 5.47. The number of hydrogen-bond donors (Lipinski definition) is 1. The molecule has 1 amide bonds. The van der Waals surface area contributed by atoms with Gasteiger partial charge in [0, 0.05) is 30.1 Å². The summed E-state index contributed by atoms with van der Waals surface area (Å²) in [5.74, 6) is 0.476. The number of nitrogens with one attached hydrogen (secondary N) is 1. The van der Waals surface area contributed by atoms with Gasteiger partial charge in [-0.2, -0.15) is 0 Å². The lowest BCUT2D eigenvalue weighted by molar-refractivity contribution is -0.117. The lowest BCUT2D eigenvalue weighted by atomic mass is 9.97. The summed E-state index contributed by atoms with van der Waals surface area (Å²) in [4.78, 5) is 29.3. The molecule has 0 spiro atoms. The largest absolute Gasteiger partial charge is 0.496 e. The van der Waals surface area contributed by atoms with E-state index in [-0.39, 0.29) is 30.1 Å². The Labute approximate surface area is 183 Å². The topological polar surface area (TPSA) is 68.3 Å². The van der Waals surface area contributed by atoms with Gasteiger partial charge < -0.3 is 10.1 Å². The molecule has 31 heavy (non-hydrogen) atoms. The Kier molecular flexibility index (Phi) is 6.85. The SMILES string of the molecule is COc1ccc(-c2ccccc2)cc1CC(=O)Cc1ccnc(C(=O)NC(C)(C)C)c1. The Morgan fingerprint density at radius 3 is 2.35 bits per heavy atom. The van der Waals surface area contributed by atoms with Crippen molar-refractivity contribution in [1.82, 2.24) is 10.3 Å². The fourth-order valence-corrected chi connectivity index (χ4v) is 3.34. The quantitative estimate of drug-likeness (QED) is 0.609. The molecular formula is C26H28N2O3. The first-order valence-electron chi connectivity index (χ1n) is 10.3. The number of hydrogen-bond acceptors (Lipinski definition) is 4. The molecule has 0 bridgehead atoms. The first kappa shape index (κ1) is 22.2. The number of pyridine rings is 1. The highest BCUT2D eigenvalue weighted by molar-refractivity contribution is 5.93. The lowest BCUT2D eigenvalue weighted by Crippen LogP contribution is -2.40. The molecule has 1 aromatic heterocycles. The lowest BCUT2D eigenvalue weighted by Gasteiger charge is -2.20. The van der Waals surface area contributed by atoms with Crippen LogP contribution in [0.1, 0.15) is 42.4 Å². The van der Waals surface area contributed by atoms with Crippen molar-refractivity contribution in [2.45, 2.75) is 39.2 Å². The molecule has 5 nitrogen and oxygen atoms in total. The molecule has 0 atom stereocenters. The zero-order valence-corrected chi connectivity index (χ0v) is 18.4. The van der Waals surface area contributed by atoms with Crippen LogP contribution in [0.5, 0.6) is 5.75 Å². The van der Waals surface area contributed by atoms with Gasteiger partial charge in [0.2, 0.25) is 0 Å². The van der Waals surface area contributed by atoms with Crippen molar-refractivity contribution in [2.75, 3.05) is 7.11 Å². The predicted molar refractivity (Wildman–Crippen MR) is 122 cm³/mol. The number of ether oxygens (including phenoxy) is 1. The van der Waals surface area contributed by atoms with E-state index in [0.29, 0.717) is 11.4 Å². The number of carbonyl (C=O) groups is 2. The standard InChI is InChI=1S/C26H28N2O3/c1-26(2,3)28-25(30)23-15-18(12-13-27-23)14-22(29)17-21-16-20(10-11-24(21)31-4)19-8-6-5-7-9-19/h5-13,15-16H,14,17H2,1-4H3,(H,28,30). The Balaban J connectivity index is 1.75. The van der Waals surface area contributed by atoms with Gasteiger partial charge in [-0.25, -0.2) is 0 Å². The molecule has 160 valence electrons. The summed E-state index contributed by atoms with van der Waals surface area (Å²) in [7, 11) is 1.61. The molecule has 0 saturated heterocycles. The summed E-state index contributed by atoms with van der Waals surface area (Å²) >= 11 is 0. The molecule has 3 aromatic rings. The number of aromatic nitrogens is 1. The third-order valence-electron chi connectivity index (χ3n) is 4.72. The molecule has 1 N–H and O–H groups in total. The Morgan fingerprint density at radius 1 is 0.935 bits per heavy atom. The Morgan fingerprint density at radius 2 is 1.68 bits per heavy atom. The summed E-state index contributed by atoms with van der Waals surface area (Å²) in [6, 6.07) is 19.4. The highest BCUT2D eigenvalue weighted by Crippen LogP contribution is 2.27. The maximum absolute atomic E-state index is 12.8. The van der Waals surface area contributed by atoms with E-state index in [2.05, 4.69) is 10.3 Å². The molecule has 0 aliphatic heterocycles. The Hall–Kier alpha value is -3.47. The van der Waals surface area contributed by atoms with Crippen LogP contribution < -0.4 is 10.1 Å². The number of carbonyl (C=O) groups excluding carboxylic acids is 2. The molecule has 5 heteroatoms. The van der Waals surface area contributed by atoms with Gasteiger partial charge >= 0.3 is 0 Å².